The van der Waals surface area contributed by atoms with Gasteiger partial charge in [-0.05, 0) is 38.3 Å². The predicted molar refractivity (Wildman–Crippen MR) is 77.5 cm³/mol. The molecule has 0 amide bonds. The molecule has 0 aliphatic carbocycles. The van der Waals surface area contributed by atoms with Gasteiger partial charge in [-0.1, -0.05) is 20.3 Å². The number of aromatic nitrogens is 1. The molecule has 0 spiro atoms. The van der Waals surface area contributed by atoms with Gasteiger partial charge in [-0.3, -0.25) is 0 Å². The summed E-state index contributed by atoms with van der Waals surface area (Å²) in [5, 5.41) is 3.37. The highest BCUT2D eigenvalue weighted by molar-refractivity contribution is 5.90. The van der Waals surface area contributed by atoms with E-state index in [-0.39, 0.29) is 5.97 Å². The number of nitrogens with zero attached hydrogens (tertiary/aromatic N) is 1. The molecule has 4 nitrogen and oxygen atoms in total. The smallest absolute Gasteiger partial charge is 0.339 e. The Balaban J connectivity index is 2.70. The Morgan fingerprint density at radius 2 is 2.11 bits per heavy atom. The number of methoxy groups -OCH3 is 1. The topological polar surface area (TPSA) is 51.2 Å². The van der Waals surface area contributed by atoms with Crippen molar-refractivity contribution in [2.45, 2.75) is 46.6 Å². The van der Waals surface area contributed by atoms with Crippen LogP contribution < -0.4 is 5.32 Å². The van der Waals surface area contributed by atoms with E-state index in [1.54, 1.807) is 6.07 Å². The minimum Gasteiger partial charge on any atom is -0.465 e. The van der Waals surface area contributed by atoms with Crippen LogP contribution in [0.2, 0.25) is 0 Å². The quantitative estimate of drug-likeness (QED) is 0.800. The van der Waals surface area contributed by atoms with Crippen molar-refractivity contribution in [1.82, 2.24) is 4.98 Å². The molecule has 1 N–H and O–H groups in total. The van der Waals surface area contributed by atoms with E-state index in [2.05, 4.69) is 31.1 Å². The lowest BCUT2D eigenvalue weighted by Gasteiger charge is -2.18. The molecule has 0 aliphatic rings. The summed E-state index contributed by atoms with van der Waals surface area (Å²) >= 11 is 0. The second-order valence-corrected chi connectivity index (χ2v) is 5.12. The van der Waals surface area contributed by atoms with E-state index < -0.39 is 0 Å². The molecule has 0 radical (unpaired) electrons. The average Bonchev–Trinajstić information content (AvgIpc) is 2.37. The van der Waals surface area contributed by atoms with Crippen molar-refractivity contribution in [1.29, 1.82) is 0 Å². The van der Waals surface area contributed by atoms with Gasteiger partial charge in [0.2, 0.25) is 0 Å². The van der Waals surface area contributed by atoms with E-state index in [1.807, 2.05) is 13.0 Å². The number of nitrogens with one attached hydrogen (secondary N) is 1. The Labute approximate surface area is 115 Å². The third kappa shape index (κ3) is 4.54. The zero-order valence-corrected chi connectivity index (χ0v) is 12.5. The van der Waals surface area contributed by atoms with Crippen molar-refractivity contribution < 1.29 is 9.53 Å². The fraction of sp³-hybridized carbons (Fsp3) is 0.600. The number of rotatable bonds is 6. The summed E-state index contributed by atoms with van der Waals surface area (Å²) in [6.45, 7) is 8.41. The number of hydrogen-bond acceptors (Lipinski definition) is 4. The molecule has 2 unspecified atom stereocenters. The van der Waals surface area contributed by atoms with Crippen LogP contribution in [0, 0.1) is 12.8 Å². The van der Waals surface area contributed by atoms with E-state index in [0.29, 0.717) is 23.2 Å². The Morgan fingerprint density at radius 1 is 1.42 bits per heavy atom. The van der Waals surface area contributed by atoms with Gasteiger partial charge in [-0.15, -0.1) is 0 Å². The SMILES string of the molecule is CCC(C)CC(C)Nc1ccc(C(=O)OC)c(C)n1. The second-order valence-electron chi connectivity index (χ2n) is 5.12. The normalized spacial score (nSPS) is 13.7. The third-order valence-electron chi connectivity index (χ3n) is 3.34. The number of hydrogen-bond donors (Lipinski definition) is 1. The number of carbonyl (C=O) groups excluding carboxylic acids is 1. The van der Waals surface area contributed by atoms with Crippen molar-refractivity contribution in [2.75, 3.05) is 12.4 Å². The summed E-state index contributed by atoms with van der Waals surface area (Å²) < 4.78 is 4.71. The molecule has 1 aromatic rings. The van der Waals surface area contributed by atoms with Crippen molar-refractivity contribution >= 4 is 11.8 Å². The number of aryl methyl sites for hydroxylation is 1. The molecule has 2 atom stereocenters. The van der Waals surface area contributed by atoms with Gasteiger partial charge in [-0.2, -0.15) is 0 Å². The fourth-order valence-electron chi connectivity index (χ4n) is 2.05. The van der Waals surface area contributed by atoms with Crippen molar-refractivity contribution in [3.05, 3.63) is 23.4 Å². The van der Waals surface area contributed by atoms with Gasteiger partial charge in [-0.25, -0.2) is 9.78 Å². The van der Waals surface area contributed by atoms with Gasteiger partial charge in [0.1, 0.15) is 5.82 Å². The molecule has 0 saturated heterocycles. The summed E-state index contributed by atoms with van der Waals surface area (Å²) in [7, 11) is 1.38. The van der Waals surface area contributed by atoms with Crippen LogP contribution in [0.3, 0.4) is 0 Å². The van der Waals surface area contributed by atoms with Crippen molar-refractivity contribution in [2.24, 2.45) is 5.92 Å². The number of esters is 1. The summed E-state index contributed by atoms with van der Waals surface area (Å²) in [4.78, 5) is 15.9. The number of anilines is 1. The second kappa shape index (κ2) is 7.12. The molecule has 4 heteroatoms. The van der Waals surface area contributed by atoms with E-state index in [1.165, 1.54) is 13.5 Å². The lowest BCUT2D eigenvalue weighted by Crippen LogP contribution is -2.19. The molecule has 0 fully saturated rings. The highest BCUT2D eigenvalue weighted by atomic mass is 16.5. The molecule has 19 heavy (non-hydrogen) atoms. The zero-order chi connectivity index (χ0) is 14.4. The van der Waals surface area contributed by atoms with Crippen LogP contribution in [0.1, 0.15) is 49.7 Å². The molecule has 0 aromatic carbocycles. The van der Waals surface area contributed by atoms with Gasteiger partial charge in [0, 0.05) is 6.04 Å². The molecular formula is C15H24N2O2. The van der Waals surface area contributed by atoms with Gasteiger partial charge < -0.3 is 10.1 Å². The van der Waals surface area contributed by atoms with Crippen LogP contribution in [0.5, 0.6) is 0 Å². The molecule has 0 saturated carbocycles. The predicted octanol–water partition coefficient (Wildman–Crippen LogP) is 3.41. The van der Waals surface area contributed by atoms with Gasteiger partial charge in [0.05, 0.1) is 18.4 Å². The minimum atomic E-state index is -0.343. The first kappa shape index (κ1) is 15.5. The minimum absolute atomic E-state index is 0.343. The van der Waals surface area contributed by atoms with Crippen LogP contribution in [0.4, 0.5) is 5.82 Å². The maximum atomic E-state index is 11.5. The van der Waals surface area contributed by atoms with Gasteiger partial charge in [0.15, 0.2) is 0 Å². The molecular weight excluding hydrogens is 240 g/mol. The molecule has 1 rings (SSSR count). The standard InChI is InChI=1S/C15H24N2O2/c1-6-10(2)9-11(3)16-14-8-7-13(12(4)17-14)15(18)19-5/h7-8,10-11H,6,9H2,1-5H3,(H,16,17). The fourth-order valence-corrected chi connectivity index (χ4v) is 2.05. The Bertz CT molecular complexity index is 432. The van der Waals surface area contributed by atoms with Crippen molar-refractivity contribution in [3.63, 3.8) is 0 Å². The maximum Gasteiger partial charge on any atom is 0.339 e. The molecule has 106 valence electrons. The monoisotopic (exact) mass is 264 g/mol. The van der Waals surface area contributed by atoms with Crippen molar-refractivity contribution in [3.8, 4) is 0 Å². The van der Waals surface area contributed by atoms with Crippen LogP contribution >= 0.6 is 0 Å². The van der Waals surface area contributed by atoms with Gasteiger partial charge in [0.25, 0.3) is 0 Å². The lowest BCUT2D eigenvalue weighted by atomic mass is 10.0. The van der Waals surface area contributed by atoms with Crippen LogP contribution in [-0.4, -0.2) is 24.1 Å². The maximum absolute atomic E-state index is 11.5. The molecule has 1 aromatic heterocycles. The van der Waals surface area contributed by atoms with E-state index in [9.17, 15) is 4.79 Å². The summed E-state index contributed by atoms with van der Waals surface area (Å²) in [6.07, 6.45) is 2.29. The van der Waals surface area contributed by atoms with E-state index in [4.69, 9.17) is 4.74 Å². The largest absolute Gasteiger partial charge is 0.465 e. The average molecular weight is 264 g/mol. The molecule has 1 heterocycles. The lowest BCUT2D eigenvalue weighted by molar-refractivity contribution is 0.0599. The Hall–Kier alpha value is -1.58. The van der Waals surface area contributed by atoms with Gasteiger partial charge >= 0.3 is 5.97 Å². The highest BCUT2D eigenvalue weighted by Gasteiger charge is 2.12. The summed E-state index contributed by atoms with van der Waals surface area (Å²) in [6, 6.07) is 3.95. The molecule has 0 aliphatic heterocycles. The number of ether oxygens (including phenoxy) is 1. The van der Waals surface area contributed by atoms with E-state index in [0.717, 1.165) is 12.2 Å². The first-order valence-electron chi connectivity index (χ1n) is 6.80. The first-order valence-corrected chi connectivity index (χ1v) is 6.80. The number of pyridine rings is 1. The summed E-state index contributed by atoms with van der Waals surface area (Å²) in [5.41, 5.74) is 1.20. The zero-order valence-electron chi connectivity index (χ0n) is 12.5. The molecule has 0 bridgehead atoms. The van der Waals surface area contributed by atoms with E-state index >= 15 is 0 Å². The summed E-state index contributed by atoms with van der Waals surface area (Å²) in [5.74, 6) is 1.16. The first-order chi connectivity index (χ1) is 8.97. The Morgan fingerprint density at radius 3 is 2.63 bits per heavy atom. The highest BCUT2D eigenvalue weighted by Crippen LogP contribution is 2.16. The number of carbonyl (C=O) groups is 1. The Kier molecular flexibility index (Phi) is 5.80. The third-order valence-corrected chi connectivity index (χ3v) is 3.34. The van der Waals surface area contributed by atoms with Crippen LogP contribution in [0.15, 0.2) is 12.1 Å². The van der Waals surface area contributed by atoms with Crippen LogP contribution in [-0.2, 0) is 4.74 Å². The van der Waals surface area contributed by atoms with Crippen LogP contribution in [0.25, 0.3) is 0 Å².